The molecule has 0 spiro atoms. The Kier molecular flexibility index (Phi) is 5.57. The number of nitrogens with one attached hydrogen (secondary N) is 1. The molecule has 0 radical (unpaired) electrons. The second kappa shape index (κ2) is 6.72. The van der Waals surface area contributed by atoms with Crippen molar-refractivity contribution in [3.05, 3.63) is 29.8 Å². The van der Waals surface area contributed by atoms with Gasteiger partial charge in [0.05, 0.1) is 0 Å². The first-order chi connectivity index (χ1) is 8.36. The number of hydrogen-bond donors (Lipinski definition) is 1. The standard InChI is InChI=1S/C15H23F2N/c1-10(2)5-14(6-11(3)4)18-15-8-12(16)7-13(17)9-15/h7-11,14,18H,5-6H2,1-4H3. The molecule has 0 aliphatic heterocycles. The van der Waals surface area contributed by atoms with Crippen molar-refractivity contribution in [2.24, 2.45) is 11.8 Å². The predicted octanol–water partition coefficient (Wildman–Crippen LogP) is 4.84. The zero-order chi connectivity index (χ0) is 13.7. The molecule has 1 N–H and O–H groups in total. The summed E-state index contributed by atoms with van der Waals surface area (Å²) in [6.45, 7) is 8.62. The van der Waals surface area contributed by atoms with E-state index in [4.69, 9.17) is 0 Å². The maximum absolute atomic E-state index is 13.1. The number of benzene rings is 1. The first-order valence-electron chi connectivity index (χ1n) is 6.59. The zero-order valence-corrected chi connectivity index (χ0v) is 11.6. The molecule has 1 aromatic carbocycles. The highest BCUT2D eigenvalue weighted by atomic mass is 19.1. The van der Waals surface area contributed by atoms with Gasteiger partial charge in [0.25, 0.3) is 0 Å². The van der Waals surface area contributed by atoms with Crippen LogP contribution in [-0.2, 0) is 0 Å². The van der Waals surface area contributed by atoms with Crippen molar-refractivity contribution in [1.29, 1.82) is 0 Å². The van der Waals surface area contributed by atoms with Crippen molar-refractivity contribution >= 4 is 5.69 Å². The van der Waals surface area contributed by atoms with Gasteiger partial charge in [-0.2, -0.15) is 0 Å². The summed E-state index contributed by atoms with van der Waals surface area (Å²) >= 11 is 0. The van der Waals surface area contributed by atoms with Crippen molar-refractivity contribution in [1.82, 2.24) is 0 Å². The van der Waals surface area contributed by atoms with Crippen LogP contribution in [0.15, 0.2) is 18.2 Å². The van der Waals surface area contributed by atoms with Crippen molar-refractivity contribution in [3.63, 3.8) is 0 Å². The Bertz CT molecular complexity index is 345. The van der Waals surface area contributed by atoms with Crippen LogP contribution in [0.2, 0.25) is 0 Å². The molecule has 0 bridgehead atoms. The lowest BCUT2D eigenvalue weighted by atomic mass is 9.95. The van der Waals surface area contributed by atoms with Gasteiger partial charge in [-0.25, -0.2) is 8.78 Å². The highest BCUT2D eigenvalue weighted by molar-refractivity contribution is 5.44. The van der Waals surface area contributed by atoms with E-state index in [0.29, 0.717) is 17.5 Å². The van der Waals surface area contributed by atoms with Crippen molar-refractivity contribution in [2.75, 3.05) is 5.32 Å². The van der Waals surface area contributed by atoms with Crippen LogP contribution in [0.3, 0.4) is 0 Å². The zero-order valence-electron chi connectivity index (χ0n) is 11.6. The van der Waals surface area contributed by atoms with Crippen molar-refractivity contribution in [2.45, 2.75) is 46.6 Å². The van der Waals surface area contributed by atoms with Crippen LogP contribution in [0, 0.1) is 23.5 Å². The van der Waals surface area contributed by atoms with Crippen molar-refractivity contribution < 1.29 is 8.78 Å². The van der Waals surface area contributed by atoms with Crippen LogP contribution in [0.1, 0.15) is 40.5 Å². The molecule has 1 rings (SSSR count). The van der Waals surface area contributed by atoms with Crippen LogP contribution in [0.4, 0.5) is 14.5 Å². The molecule has 0 amide bonds. The lowest BCUT2D eigenvalue weighted by Gasteiger charge is -2.23. The second-order valence-corrected chi connectivity index (χ2v) is 5.76. The van der Waals surface area contributed by atoms with Crippen LogP contribution < -0.4 is 5.32 Å². The second-order valence-electron chi connectivity index (χ2n) is 5.76. The molecular formula is C15H23F2N. The Labute approximate surface area is 109 Å². The minimum Gasteiger partial charge on any atom is -0.382 e. The minimum absolute atomic E-state index is 0.256. The van der Waals surface area contributed by atoms with Gasteiger partial charge in [0, 0.05) is 17.8 Å². The van der Waals surface area contributed by atoms with Gasteiger partial charge in [0.15, 0.2) is 0 Å². The lowest BCUT2D eigenvalue weighted by Crippen LogP contribution is -2.23. The van der Waals surface area contributed by atoms with E-state index in [-0.39, 0.29) is 6.04 Å². The fraction of sp³-hybridized carbons (Fsp3) is 0.600. The highest BCUT2D eigenvalue weighted by Crippen LogP contribution is 2.20. The summed E-state index contributed by atoms with van der Waals surface area (Å²) in [6.07, 6.45) is 1.99. The highest BCUT2D eigenvalue weighted by Gasteiger charge is 2.13. The van der Waals surface area contributed by atoms with E-state index in [1.807, 2.05) is 0 Å². The van der Waals surface area contributed by atoms with Crippen LogP contribution >= 0.6 is 0 Å². The minimum atomic E-state index is -0.537. The molecule has 0 saturated heterocycles. The molecule has 0 fully saturated rings. The van der Waals surface area contributed by atoms with E-state index in [2.05, 4.69) is 33.0 Å². The summed E-state index contributed by atoms with van der Waals surface area (Å²) in [4.78, 5) is 0. The summed E-state index contributed by atoms with van der Waals surface area (Å²) in [5.41, 5.74) is 0.527. The third kappa shape index (κ3) is 5.48. The quantitative estimate of drug-likeness (QED) is 0.767. The SMILES string of the molecule is CC(C)CC(CC(C)C)Nc1cc(F)cc(F)c1. The van der Waals surface area contributed by atoms with Crippen LogP contribution in [0.5, 0.6) is 0 Å². The number of hydrogen-bond acceptors (Lipinski definition) is 1. The summed E-state index contributed by atoms with van der Waals surface area (Å²) in [5.74, 6) is 0.0370. The maximum Gasteiger partial charge on any atom is 0.128 e. The van der Waals surface area contributed by atoms with E-state index < -0.39 is 11.6 Å². The van der Waals surface area contributed by atoms with Gasteiger partial charge in [-0.1, -0.05) is 27.7 Å². The van der Waals surface area contributed by atoms with E-state index in [1.54, 1.807) is 0 Å². The third-order valence-corrected chi connectivity index (χ3v) is 2.75. The fourth-order valence-corrected chi connectivity index (χ4v) is 2.23. The average Bonchev–Trinajstić information content (AvgIpc) is 2.12. The monoisotopic (exact) mass is 255 g/mol. The van der Waals surface area contributed by atoms with Gasteiger partial charge >= 0.3 is 0 Å². The van der Waals surface area contributed by atoms with Gasteiger partial charge in [-0.15, -0.1) is 0 Å². The molecule has 1 aromatic rings. The Morgan fingerprint density at radius 2 is 1.33 bits per heavy atom. The molecule has 0 heterocycles. The maximum atomic E-state index is 13.1. The van der Waals surface area contributed by atoms with Gasteiger partial charge < -0.3 is 5.32 Å². The van der Waals surface area contributed by atoms with Crippen LogP contribution in [0.25, 0.3) is 0 Å². The Balaban J connectivity index is 2.74. The van der Waals surface area contributed by atoms with E-state index in [0.717, 1.165) is 18.9 Å². The fourth-order valence-electron chi connectivity index (χ4n) is 2.23. The average molecular weight is 255 g/mol. The topological polar surface area (TPSA) is 12.0 Å². The third-order valence-electron chi connectivity index (χ3n) is 2.75. The van der Waals surface area contributed by atoms with Gasteiger partial charge in [-0.3, -0.25) is 0 Å². The van der Waals surface area contributed by atoms with E-state index in [1.165, 1.54) is 12.1 Å². The lowest BCUT2D eigenvalue weighted by molar-refractivity contribution is 0.441. The molecule has 0 aromatic heterocycles. The van der Waals surface area contributed by atoms with Crippen LogP contribution in [-0.4, -0.2) is 6.04 Å². The molecule has 102 valence electrons. The van der Waals surface area contributed by atoms with Gasteiger partial charge in [0.2, 0.25) is 0 Å². The van der Waals surface area contributed by atoms with Crippen molar-refractivity contribution in [3.8, 4) is 0 Å². The summed E-state index contributed by atoms with van der Waals surface area (Å²) in [7, 11) is 0. The first kappa shape index (κ1) is 14.9. The number of halogens is 2. The molecule has 0 aliphatic carbocycles. The summed E-state index contributed by atoms with van der Waals surface area (Å²) in [5, 5.41) is 3.24. The predicted molar refractivity (Wildman–Crippen MR) is 72.7 cm³/mol. The Hall–Kier alpha value is -1.12. The molecule has 0 aliphatic rings. The molecule has 0 atom stereocenters. The molecule has 3 heteroatoms. The van der Waals surface area contributed by atoms with E-state index >= 15 is 0 Å². The summed E-state index contributed by atoms with van der Waals surface area (Å²) in [6, 6.07) is 3.84. The smallest absolute Gasteiger partial charge is 0.128 e. The molecule has 0 unspecified atom stereocenters. The van der Waals surface area contributed by atoms with Gasteiger partial charge in [-0.05, 0) is 36.8 Å². The molecule has 1 nitrogen and oxygen atoms in total. The number of anilines is 1. The summed E-state index contributed by atoms with van der Waals surface area (Å²) < 4.78 is 26.2. The Morgan fingerprint density at radius 3 is 1.72 bits per heavy atom. The first-order valence-corrected chi connectivity index (χ1v) is 6.59. The van der Waals surface area contributed by atoms with E-state index in [9.17, 15) is 8.78 Å². The molecule has 18 heavy (non-hydrogen) atoms. The number of rotatable bonds is 6. The normalized spacial score (nSPS) is 11.6. The van der Waals surface area contributed by atoms with Gasteiger partial charge in [0.1, 0.15) is 11.6 Å². The largest absolute Gasteiger partial charge is 0.382 e. The Morgan fingerprint density at radius 1 is 0.889 bits per heavy atom. The molecular weight excluding hydrogens is 232 g/mol. The molecule has 0 saturated carbocycles.